The second-order valence-corrected chi connectivity index (χ2v) is 9.98. The Morgan fingerprint density at radius 1 is 1.18 bits per heavy atom. The number of benzene rings is 1. The first-order valence-electron chi connectivity index (χ1n) is 10.8. The van der Waals surface area contributed by atoms with Gasteiger partial charge in [-0.3, -0.25) is 9.78 Å². The maximum atomic E-state index is 14.4. The summed E-state index contributed by atoms with van der Waals surface area (Å²) in [5.74, 6) is 0.554. The van der Waals surface area contributed by atoms with Crippen molar-refractivity contribution < 1.29 is 18.6 Å². The molecule has 4 aromatic rings. The highest BCUT2D eigenvalue weighted by Gasteiger charge is 2.44. The quantitative estimate of drug-likeness (QED) is 0.359. The summed E-state index contributed by atoms with van der Waals surface area (Å²) in [5.41, 5.74) is -0.386. The number of aromatic nitrogens is 2. The van der Waals surface area contributed by atoms with Crippen LogP contribution in [0.3, 0.4) is 0 Å². The SMILES string of the molecule is COc1ccc(-c2cccnc2)cc1C(C)(C)CC(O)(Cn1ccc(=O)c2sccc21)C(F)F. The molecule has 3 aromatic heterocycles. The van der Waals surface area contributed by atoms with E-state index in [1.54, 1.807) is 29.9 Å². The molecule has 8 heteroatoms. The minimum atomic E-state index is -3.01. The van der Waals surface area contributed by atoms with Crippen molar-refractivity contribution in [2.45, 2.75) is 44.3 Å². The first kappa shape index (κ1) is 24.0. The number of hydrogen-bond donors (Lipinski definition) is 1. The first-order chi connectivity index (χ1) is 16.1. The zero-order chi connectivity index (χ0) is 24.5. The van der Waals surface area contributed by atoms with E-state index in [0.29, 0.717) is 21.5 Å². The number of nitrogens with zero attached hydrogens (tertiary/aromatic N) is 2. The number of thiophene rings is 1. The topological polar surface area (TPSA) is 64.3 Å². The van der Waals surface area contributed by atoms with Crippen molar-refractivity contribution >= 4 is 21.6 Å². The molecule has 0 aliphatic rings. The fraction of sp³-hybridized carbons (Fsp3) is 0.308. The van der Waals surface area contributed by atoms with Crippen molar-refractivity contribution in [3.05, 3.63) is 82.2 Å². The molecule has 0 bridgehead atoms. The van der Waals surface area contributed by atoms with E-state index in [1.165, 1.54) is 35.3 Å². The highest BCUT2D eigenvalue weighted by molar-refractivity contribution is 7.17. The van der Waals surface area contributed by atoms with Gasteiger partial charge in [0.2, 0.25) is 0 Å². The Morgan fingerprint density at radius 3 is 2.65 bits per heavy atom. The normalized spacial score (nSPS) is 13.9. The summed E-state index contributed by atoms with van der Waals surface area (Å²) in [7, 11) is 1.53. The van der Waals surface area contributed by atoms with E-state index >= 15 is 0 Å². The predicted octanol–water partition coefficient (Wildman–Crippen LogP) is 5.50. The number of alkyl halides is 2. The Balaban J connectivity index is 1.73. The number of hydrogen-bond acceptors (Lipinski definition) is 5. The summed E-state index contributed by atoms with van der Waals surface area (Å²) in [6.45, 7) is 3.28. The third-order valence-corrected chi connectivity index (χ3v) is 7.02. The Morgan fingerprint density at radius 2 is 1.97 bits per heavy atom. The Labute approximate surface area is 200 Å². The second kappa shape index (κ2) is 9.27. The minimum absolute atomic E-state index is 0.167. The van der Waals surface area contributed by atoms with Crippen LogP contribution in [0.1, 0.15) is 25.8 Å². The molecule has 0 amide bonds. The van der Waals surface area contributed by atoms with Gasteiger partial charge < -0.3 is 14.4 Å². The molecule has 1 unspecified atom stereocenters. The van der Waals surface area contributed by atoms with Crippen molar-refractivity contribution in [1.82, 2.24) is 9.55 Å². The fourth-order valence-electron chi connectivity index (χ4n) is 4.47. The number of methoxy groups -OCH3 is 1. The molecule has 0 aliphatic carbocycles. The molecular formula is C26H26F2N2O3S. The van der Waals surface area contributed by atoms with E-state index in [1.807, 2.05) is 38.1 Å². The van der Waals surface area contributed by atoms with E-state index in [2.05, 4.69) is 4.98 Å². The molecule has 5 nitrogen and oxygen atoms in total. The number of pyridine rings is 2. The molecule has 0 aliphatic heterocycles. The zero-order valence-corrected chi connectivity index (χ0v) is 20.0. The largest absolute Gasteiger partial charge is 0.496 e. The van der Waals surface area contributed by atoms with Crippen LogP contribution in [-0.4, -0.2) is 33.8 Å². The maximum Gasteiger partial charge on any atom is 0.268 e. The second-order valence-electron chi connectivity index (χ2n) is 9.06. The van der Waals surface area contributed by atoms with Gasteiger partial charge in [-0.1, -0.05) is 26.0 Å². The molecule has 1 atom stereocenters. The summed E-state index contributed by atoms with van der Waals surface area (Å²) >= 11 is 1.25. The van der Waals surface area contributed by atoms with Crippen LogP contribution >= 0.6 is 11.3 Å². The van der Waals surface area contributed by atoms with Gasteiger partial charge in [0.05, 0.1) is 23.9 Å². The summed E-state index contributed by atoms with van der Waals surface area (Å²) in [5, 5.41) is 13.0. The van der Waals surface area contributed by atoms with E-state index < -0.39 is 17.4 Å². The van der Waals surface area contributed by atoms with E-state index in [0.717, 1.165) is 11.1 Å². The number of rotatable bonds is 8. The summed E-state index contributed by atoms with van der Waals surface area (Å²) in [6, 6.07) is 12.4. The van der Waals surface area contributed by atoms with Crippen molar-refractivity contribution in [1.29, 1.82) is 0 Å². The van der Waals surface area contributed by atoms with Crippen LogP contribution in [0.25, 0.3) is 21.3 Å². The first-order valence-corrected chi connectivity index (χ1v) is 11.7. The van der Waals surface area contributed by atoms with Crippen LogP contribution < -0.4 is 10.2 Å². The summed E-state index contributed by atoms with van der Waals surface area (Å²) in [4.78, 5) is 16.2. The van der Waals surface area contributed by atoms with Crippen LogP contribution in [0.2, 0.25) is 0 Å². The molecule has 4 rings (SSSR count). The van der Waals surface area contributed by atoms with Crippen LogP contribution in [-0.2, 0) is 12.0 Å². The summed E-state index contributed by atoms with van der Waals surface area (Å²) in [6.07, 6.45) is 1.63. The number of ether oxygens (including phenoxy) is 1. The standard InChI is InChI=1S/C26H26F2N2O3S/c1-25(2,19-13-17(6-7-22(19)33-3)18-5-4-10-29-14-18)15-26(32,24(27)28)16-30-11-8-21(31)23-20(30)9-12-34-23/h4-14,24,32H,15-16H2,1-3H3. The van der Waals surface area contributed by atoms with E-state index in [-0.39, 0.29) is 18.4 Å². The third kappa shape index (κ3) is 4.60. The number of halogens is 2. The van der Waals surface area contributed by atoms with Gasteiger partial charge in [-0.2, -0.15) is 0 Å². The summed E-state index contributed by atoms with van der Waals surface area (Å²) < 4.78 is 36.3. The molecule has 3 heterocycles. The lowest BCUT2D eigenvalue weighted by atomic mass is 9.74. The van der Waals surface area contributed by atoms with Gasteiger partial charge in [0.25, 0.3) is 6.43 Å². The van der Waals surface area contributed by atoms with Crippen molar-refractivity contribution in [3.63, 3.8) is 0 Å². The smallest absolute Gasteiger partial charge is 0.268 e. The molecule has 1 N–H and O–H groups in total. The molecule has 34 heavy (non-hydrogen) atoms. The Hall–Kier alpha value is -3.10. The van der Waals surface area contributed by atoms with Gasteiger partial charge in [0, 0.05) is 35.8 Å². The average molecular weight is 485 g/mol. The van der Waals surface area contributed by atoms with Crippen molar-refractivity contribution in [3.8, 4) is 16.9 Å². The minimum Gasteiger partial charge on any atom is -0.496 e. The lowest BCUT2D eigenvalue weighted by molar-refractivity contribution is -0.120. The molecule has 0 radical (unpaired) electrons. The predicted molar refractivity (Wildman–Crippen MR) is 131 cm³/mol. The Bertz CT molecular complexity index is 1350. The Kier molecular flexibility index (Phi) is 6.55. The van der Waals surface area contributed by atoms with Crippen LogP contribution in [0.5, 0.6) is 5.75 Å². The van der Waals surface area contributed by atoms with Crippen LogP contribution in [0.4, 0.5) is 8.78 Å². The van der Waals surface area contributed by atoms with E-state index in [4.69, 9.17) is 4.74 Å². The maximum absolute atomic E-state index is 14.4. The van der Waals surface area contributed by atoms with Gasteiger partial charge >= 0.3 is 0 Å². The van der Waals surface area contributed by atoms with Crippen LogP contribution in [0.15, 0.2) is 71.2 Å². The van der Waals surface area contributed by atoms with Crippen molar-refractivity contribution in [2.24, 2.45) is 0 Å². The average Bonchev–Trinajstić information content (AvgIpc) is 3.32. The molecule has 0 saturated carbocycles. The van der Waals surface area contributed by atoms with Gasteiger partial charge in [-0.25, -0.2) is 8.78 Å². The van der Waals surface area contributed by atoms with Crippen LogP contribution in [0, 0.1) is 0 Å². The molecule has 178 valence electrons. The third-order valence-electron chi connectivity index (χ3n) is 6.11. The molecule has 1 aromatic carbocycles. The van der Waals surface area contributed by atoms with Gasteiger partial charge in [0.1, 0.15) is 11.4 Å². The number of fused-ring (bicyclic) bond motifs is 1. The molecular weight excluding hydrogens is 458 g/mol. The van der Waals surface area contributed by atoms with Gasteiger partial charge in [-0.05, 0) is 47.0 Å². The number of aliphatic hydroxyl groups is 1. The molecule has 0 spiro atoms. The van der Waals surface area contributed by atoms with Gasteiger partial charge in [0.15, 0.2) is 5.43 Å². The lowest BCUT2D eigenvalue weighted by Crippen LogP contribution is -2.46. The van der Waals surface area contributed by atoms with Crippen molar-refractivity contribution in [2.75, 3.05) is 7.11 Å². The lowest BCUT2D eigenvalue weighted by Gasteiger charge is -2.37. The fourth-order valence-corrected chi connectivity index (χ4v) is 5.30. The molecule has 0 fully saturated rings. The highest BCUT2D eigenvalue weighted by atomic mass is 32.1. The van der Waals surface area contributed by atoms with E-state index in [9.17, 15) is 18.7 Å². The monoisotopic (exact) mass is 484 g/mol. The zero-order valence-electron chi connectivity index (χ0n) is 19.2. The highest BCUT2D eigenvalue weighted by Crippen LogP contribution is 2.42. The van der Waals surface area contributed by atoms with Gasteiger partial charge in [-0.15, -0.1) is 11.3 Å². The molecule has 0 saturated heterocycles.